The van der Waals surface area contributed by atoms with Crippen molar-refractivity contribution in [3.05, 3.63) is 35.9 Å². The minimum atomic E-state index is -0.466. The molecule has 20 heavy (non-hydrogen) atoms. The summed E-state index contributed by atoms with van der Waals surface area (Å²) < 4.78 is 15.6. The van der Waals surface area contributed by atoms with Gasteiger partial charge >= 0.3 is 11.9 Å². The quantitative estimate of drug-likeness (QED) is 0.716. The number of esters is 2. The van der Waals surface area contributed by atoms with Gasteiger partial charge in [0.05, 0.1) is 11.7 Å². The van der Waals surface area contributed by atoms with Crippen LogP contribution in [0.25, 0.3) is 0 Å². The maximum Gasteiger partial charge on any atom is 0.338 e. The molecule has 0 aliphatic heterocycles. The molecule has 0 saturated heterocycles. The highest BCUT2D eigenvalue weighted by Gasteiger charge is 2.16. The summed E-state index contributed by atoms with van der Waals surface area (Å²) in [6.45, 7) is 5.15. The molecule has 1 aromatic carbocycles. The lowest BCUT2D eigenvalue weighted by Gasteiger charge is -2.19. The second-order valence-corrected chi connectivity index (χ2v) is 4.57. The van der Waals surface area contributed by atoms with E-state index in [1.807, 2.05) is 19.9 Å². The second-order valence-electron chi connectivity index (χ2n) is 4.57. The lowest BCUT2D eigenvalue weighted by molar-refractivity contribution is -0.148. The van der Waals surface area contributed by atoms with Crippen LogP contribution in [0.3, 0.4) is 0 Å². The van der Waals surface area contributed by atoms with Crippen LogP contribution < -0.4 is 0 Å². The zero-order valence-corrected chi connectivity index (χ0v) is 12.0. The molecular formula is C15H20O5. The number of carbonyl (C=O) groups is 2. The zero-order chi connectivity index (χ0) is 15.0. The Morgan fingerprint density at radius 1 is 1.05 bits per heavy atom. The van der Waals surface area contributed by atoms with Crippen molar-refractivity contribution in [1.82, 2.24) is 0 Å². The molecule has 0 spiro atoms. The largest absolute Gasteiger partial charge is 0.463 e. The van der Waals surface area contributed by atoms with Gasteiger partial charge in [0, 0.05) is 6.92 Å². The van der Waals surface area contributed by atoms with E-state index < -0.39 is 18.0 Å². The molecule has 0 fully saturated rings. The summed E-state index contributed by atoms with van der Waals surface area (Å²) in [7, 11) is 0. The second kappa shape index (κ2) is 8.32. The van der Waals surface area contributed by atoms with Gasteiger partial charge in [0.2, 0.25) is 0 Å². The Morgan fingerprint density at radius 2 is 1.65 bits per heavy atom. The third kappa shape index (κ3) is 6.33. The van der Waals surface area contributed by atoms with Crippen LogP contribution in [0.2, 0.25) is 0 Å². The average molecular weight is 280 g/mol. The molecule has 0 amide bonds. The lowest BCUT2D eigenvalue weighted by Crippen LogP contribution is -2.30. The van der Waals surface area contributed by atoms with Gasteiger partial charge in [-0.25, -0.2) is 4.79 Å². The summed E-state index contributed by atoms with van der Waals surface area (Å²) >= 11 is 0. The molecule has 1 atom stereocenters. The van der Waals surface area contributed by atoms with Gasteiger partial charge in [0.25, 0.3) is 0 Å². The number of benzene rings is 1. The molecule has 0 aromatic heterocycles. The molecule has 0 heterocycles. The molecular weight excluding hydrogens is 260 g/mol. The van der Waals surface area contributed by atoms with Crippen LogP contribution in [0.1, 0.15) is 31.1 Å². The van der Waals surface area contributed by atoms with E-state index in [1.54, 1.807) is 24.3 Å². The van der Waals surface area contributed by atoms with Gasteiger partial charge < -0.3 is 14.2 Å². The van der Waals surface area contributed by atoms with Gasteiger partial charge in [0.15, 0.2) is 0 Å². The van der Waals surface area contributed by atoms with Crippen molar-refractivity contribution in [2.45, 2.75) is 33.0 Å². The SMILES string of the molecule is CC(=O)OCC(COC(=O)c1ccccc1)OC(C)C. The van der Waals surface area contributed by atoms with E-state index in [4.69, 9.17) is 14.2 Å². The van der Waals surface area contributed by atoms with E-state index in [-0.39, 0.29) is 19.3 Å². The molecule has 5 nitrogen and oxygen atoms in total. The predicted octanol–water partition coefficient (Wildman–Crippen LogP) is 2.20. The van der Waals surface area contributed by atoms with Crippen molar-refractivity contribution in [2.24, 2.45) is 0 Å². The van der Waals surface area contributed by atoms with E-state index >= 15 is 0 Å². The van der Waals surface area contributed by atoms with Gasteiger partial charge in [-0.2, -0.15) is 0 Å². The molecule has 0 bridgehead atoms. The highest BCUT2D eigenvalue weighted by molar-refractivity contribution is 5.89. The van der Waals surface area contributed by atoms with Crippen molar-refractivity contribution < 1.29 is 23.8 Å². The maximum atomic E-state index is 11.8. The van der Waals surface area contributed by atoms with Gasteiger partial charge in [0.1, 0.15) is 19.3 Å². The molecule has 110 valence electrons. The number of ether oxygens (including phenoxy) is 3. The van der Waals surface area contributed by atoms with Crippen LogP contribution >= 0.6 is 0 Å². The lowest BCUT2D eigenvalue weighted by atomic mass is 10.2. The average Bonchev–Trinajstić information content (AvgIpc) is 2.42. The summed E-state index contributed by atoms with van der Waals surface area (Å²) in [6.07, 6.45) is -0.516. The summed E-state index contributed by atoms with van der Waals surface area (Å²) in [5.74, 6) is -0.817. The van der Waals surface area contributed by atoms with Gasteiger partial charge in [-0.05, 0) is 26.0 Å². The van der Waals surface area contributed by atoms with Crippen LogP contribution in [0, 0.1) is 0 Å². The predicted molar refractivity (Wildman–Crippen MR) is 73.4 cm³/mol. The molecule has 5 heteroatoms. The Kier molecular flexibility index (Phi) is 6.73. The Bertz CT molecular complexity index is 427. The molecule has 1 unspecified atom stereocenters. The van der Waals surface area contributed by atoms with Crippen LogP contribution in [0.4, 0.5) is 0 Å². The minimum Gasteiger partial charge on any atom is -0.463 e. The van der Waals surface area contributed by atoms with Crippen LogP contribution in [-0.4, -0.2) is 37.4 Å². The van der Waals surface area contributed by atoms with Gasteiger partial charge in [-0.1, -0.05) is 18.2 Å². The number of hydrogen-bond donors (Lipinski definition) is 0. The van der Waals surface area contributed by atoms with Crippen molar-refractivity contribution in [1.29, 1.82) is 0 Å². The summed E-state index contributed by atoms with van der Waals surface area (Å²) in [5, 5.41) is 0. The normalized spacial score (nSPS) is 12.0. The first-order chi connectivity index (χ1) is 9.49. The first kappa shape index (κ1) is 16.2. The van der Waals surface area contributed by atoms with Crippen molar-refractivity contribution >= 4 is 11.9 Å². The Balaban J connectivity index is 2.48. The summed E-state index contributed by atoms with van der Waals surface area (Å²) in [4.78, 5) is 22.6. The van der Waals surface area contributed by atoms with E-state index in [0.717, 1.165) is 0 Å². The third-order valence-corrected chi connectivity index (χ3v) is 2.35. The van der Waals surface area contributed by atoms with Crippen LogP contribution in [0.15, 0.2) is 30.3 Å². The first-order valence-corrected chi connectivity index (χ1v) is 6.50. The number of rotatable bonds is 7. The Labute approximate surface area is 118 Å². The first-order valence-electron chi connectivity index (χ1n) is 6.50. The third-order valence-electron chi connectivity index (χ3n) is 2.35. The van der Waals surface area contributed by atoms with Gasteiger partial charge in [-0.15, -0.1) is 0 Å². The molecule has 0 saturated carbocycles. The Hall–Kier alpha value is -1.88. The van der Waals surface area contributed by atoms with Crippen molar-refractivity contribution in [3.63, 3.8) is 0 Å². The monoisotopic (exact) mass is 280 g/mol. The van der Waals surface area contributed by atoms with Gasteiger partial charge in [-0.3, -0.25) is 4.79 Å². The van der Waals surface area contributed by atoms with Crippen LogP contribution in [0.5, 0.6) is 0 Å². The molecule has 1 aromatic rings. The van der Waals surface area contributed by atoms with E-state index in [9.17, 15) is 9.59 Å². The molecule has 1 rings (SSSR count). The standard InChI is InChI=1S/C15H20O5/c1-11(2)20-14(9-18-12(3)16)10-19-15(17)13-7-5-4-6-8-13/h4-8,11,14H,9-10H2,1-3H3. The summed E-state index contributed by atoms with van der Waals surface area (Å²) in [6, 6.07) is 8.69. The topological polar surface area (TPSA) is 61.8 Å². The molecule has 0 aliphatic carbocycles. The highest BCUT2D eigenvalue weighted by atomic mass is 16.6. The molecule has 0 aliphatic rings. The fraction of sp³-hybridized carbons (Fsp3) is 0.467. The van der Waals surface area contributed by atoms with Crippen molar-refractivity contribution in [3.8, 4) is 0 Å². The van der Waals surface area contributed by atoms with Crippen LogP contribution in [-0.2, 0) is 19.0 Å². The smallest absolute Gasteiger partial charge is 0.338 e. The van der Waals surface area contributed by atoms with E-state index in [1.165, 1.54) is 6.92 Å². The maximum absolute atomic E-state index is 11.8. The highest BCUT2D eigenvalue weighted by Crippen LogP contribution is 2.05. The zero-order valence-electron chi connectivity index (χ0n) is 12.0. The molecule has 0 N–H and O–H groups in total. The number of hydrogen-bond acceptors (Lipinski definition) is 5. The fourth-order valence-electron chi connectivity index (χ4n) is 1.55. The minimum absolute atomic E-state index is 0.0409. The Morgan fingerprint density at radius 3 is 2.20 bits per heavy atom. The van der Waals surface area contributed by atoms with E-state index in [2.05, 4.69) is 0 Å². The summed E-state index contributed by atoms with van der Waals surface area (Å²) in [5.41, 5.74) is 0.475. The van der Waals surface area contributed by atoms with Crippen molar-refractivity contribution in [2.75, 3.05) is 13.2 Å². The fourth-order valence-corrected chi connectivity index (χ4v) is 1.55. The van der Waals surface area contributed by atoms with E-state index in [0.29, 0.717) is 5.56 Å². The molecule has 0 radical (unpaired) electrons. The number of carbonyl (C=O) groups excluding carboxylic acids is 2.